The summed E-state index contributed by atoms with van der Waals surface area (Å²) in [5, 5.41) is 14.2. The van der Waals surface area contributed by atoms with Crippen LogP contribution in [-0.2, 0) is 11.2 Å². The van der Waals surface area contributed by atoms with E-state index in [1.807, 2.05) is 24.3 Å². The third kappa shape index (κ3) is 5.06. The topological polar surface area (TPSA) is 41.5 Å². The molecule has 112 valence electrons. The van der Waals surface area contributed by atoms with Crippen molar-refractivity contribution in [3.05, 3.63) is 34.9 Å². The van der Waals surface area contributed by atoms with Crippen molar-refractivity contribution >= 4 is 11.6 Å². The molecular formula is C16H24ClNO2. The van der Waals surface area contributed by atoms with E-state index in [2.05, 4.69) is 12.2 Å². The Hall–Kier alpha value is -0.610. The molecule has 1 aromatic carbocycles. The predicted octanol–water partition coefficient (Wildman–Crippen LogP) is 2.79. The lowest BCUT2D eigenvalue weighted by Gasteiger charge is -2.29. The molecule has 0 saturated carbocycles. The Labute approximate surface area is 126 Å². The van der Waals surface area contributed by atoms with E-state index in [0.717, 1.165) is 18.6 Å². The lowest BCUT2D eigenvalue weighted by molar-refractivity contribution is -0.00584. The first kappa shape index (κ1) is 15.8. The van der Waals surface area contributed by atoms with Crippen LogP contribution < -0.4 is 5.32 Å². The van der Waals surface area contributed by atoms with Crippen LogP contribution in [0.15, 0.2) is 24.3 Å². The highest BCUT2D eigenvalue weighted by Crippen LogP contribution is 2.16. The number of aliphatic hydroxyl groups excluding tert-OH is 1. The van der Waals surface area contributed by atoms with Crippen molar-refractivity contribution in [1.29, 1.82) is 0 Å². The first-order valence-electron chi connectivity index (χ1n) is 7.42. The largest absolute Gasteiger partial charge is 0.391 e. The Balaban J connectivity index is 1.72. The quantitative estimate of drug-likeness (QED) is 0.848. The van der Waals surface area contributed by atoms with Gasteiger partial charge in [-0.05, 0) is 50.3 Å². The maximum atomic E-state index is 10.1. The number of nitrogens with one attached hydrogen (secondary N) is 1. The second-order valence-electron chi connectivity index (χ2n) is 5.59. The highest BCUT2D eigenvalue weighted by Gasteiger charge is 2.21. The zero-order valence-electron chi connectivity index (χ0n) is 12.0. The van der Waals surface area contributed by atoms with E-state index in [0.29, 0.717) is 18.0 Å². The fraction of sp³-hybridized carbons (Fsp3) is 0.625. The Morgan fingerprint density at radius 1 is 1.45 bits per heavy atom. The van der Waals surface area contributed by atoms with E-state index >= 15 is 0 Å². The summed E-state index contributed by atoms with van der Waals surface area (Å²) < 4.78 is 5.74. The highest BCUT2D eigenvalue weighted by molar-refractivity contribution is 6.30. The molecule has 0 aliphatic carbocycles. The standard InChI is InChI=1S/C16H24ClNO2/c1-12(16-7-2-3-8-20-16)18-11-15(19)10-13-5-4-6-14(17)9-13/h4-6,9,12,15-16,18-19H,2-3,7-8,10-11H2,1H3. The predicted molar refractivity (Wildman–Crippen MR) is 82.2 cm³/mol. The molecule has 1 heterocycles. The fourth-order valence-corrected chi connectivity index (χ4v) is 2.83. The van der Waals surface area contributed by atoms with Gasteiger partial charge in [0, 0.05) is 24.2 Å². The summed E-state index contributed by atoms with van der Waals surface area (Å²) in [5.74, 6) is 0. The van der Waals surface area contributed by atoms with Crippen LogP contribution in [-0.4, -0.2) is 36.5 Å². The van der Waals surface area contributed by atoms with Crippen molar-refractivity contribution in [2.45, 2.75) is 50.9 Å². The molecule has 1 fully saturated rings. The minimum absolute atomic E-state index is 0.280. The Bertz CT molecular complexity index is 407. The number of ether oxygens (including phenoxy) is 1. The Kier molecular flexibility index (Phi) is 6.30. The Morgan fingerprint density at radius 3 is 3.00 bits per heavy atom. The lowest BCUT2D eigenvalue weighted by Crippen LogP contribution is -2.44. The van der Waals surface area contributed by atoms with Crippen LogP contribution in [0.1, 0.15) is 31.7 Å². The van der Waals surface area contributed by atoms with E-state index in [1.165, 1.54) is 12.8 Å². The van der Waals surface area contributed by atoms with Gasteiger partial charge in [-0.15, -0.1) is 0 Å². The monoisotopic (exact) mass is 297 g/mol. The average Bonchev–Trinajstić information content (AvgIpc) is 2.46. The van der Waals surface area contributed by atoms with Gasteiger partial charge in [0.15, 0.2) is 0 Å². The van der Waals surface area contributed by atoms with Gasteiger partial charge in [0.2, 0.25) is 0 Å². The molecule has 1 aliphatic rings. The van der Waals surface area contributed by atoms with E-state index in [-0.39, 0.29) is 12.1 Å². The number of benzene rings is 1. The smallest absolute Gasteiger partial charge is 0.0725 e. The Morgan fingerprint density at radius 2 is 2.30 bits per heavy atom. The van der Waals surface area contributed by atoms with Crippen LogP contribution >= 0.6 is 11.6 Å². The fourth-order valence-electron chi connectivity index (χ4n) is 2.62. The second-order valence-corrected chi connectivity index (χ2v) is 6.03. The van der Waals surface area contributed by atoms with Gasteiger partial charge < -0.3 is 15.2 Å². The number of halogens is 1. The van der Waals surface area contributed by atoms with Gasteiger partial charge in [-0.1, -0.05) is 23.7 Å². The average molecular weight is 298 g/mol. The molecule has 4 heteroatoms. The summed E-state index contributed by atoms with van der Waals surface area (Å²) in [6.07, 6.45) is 4.01. The summed E-state index contributed by atoms with van der Waals surface area (Å²) >= 11 is 5.94. The molecule has 1 aromatic rings. The third-order valence-electron chi connectivity index (χ3n) is 3.81. The minimum atomic E-state index is -0.403. The van der Waals surface area contributed by atoms with Gasteiger partial charge >= 0.3 is 0 Å². The molecule has 1 saturated heterocycles. The molecular weight excluding hydrogens is 274 g/mol. The van der Waals surface area contributed by atoms with Crippen LogP contribution in [0, 0.1) is 0 Å². The van der Waals surface area contributed by atoms with Crippen molar-refractivity contribution < 1.29 is 9.84 Å². The molecule has 0 spiro atoms. The molecule has 20 heavy (non-hydrogen) atoms. The van der Waals surface area contributed by atoms with Gasteiger partial charge in [0.05, 0.1) is 12.2 Å². The maximum Gasteiger partial charge on any atom is 0.0725 e. The van der Waals surface area contributed by atoms with Gasteiger partial charge in [-0.25, -0.2) is 0 Å². The molecule has 2 N–H and O–H groups in total. The van der Waals surface area contributed by atoms with Gasteiger partial charge in [-0.3, -0.25) is 0 Å². The number of aliphatic hydroxyl groups is 1. The first-order chi connectivity index (χ1) is 9.65. The SMILES string of the molecule is CC(NCC(O)Cc1cccc(Cl)c1)C1CCCCO1. The number of rotatable bonds is 6. The molecule has 0 amide bonds. The summed E-state index contributed by atoms with van der Waals surface area (Å²) in [5.41, 5.74) is 1.06. The zero-order chi connectivity index (χ0) is 14.4. The molecule has 3 unspecified atom stereocenters. The molecule has 1 aliphatic heterocycles. The summed E-state index contributed by atoms with van der Waals surface area (Å²) in [6, 6.07) is 7.93. The third-order valence-corrected chi connectivity index (χ3v) is 4.04. The second kappa shape index (κ2) is 7.99. The van der Waals surface area contributed by atoms with Crippen molar-refractivity contribution in [3.63, 3.8) is 0 Å². The van der Waals surface area contributed by atoms with E-state index in [1.54, 1.807) is 0 Å². The normalized spacial score (nSPS) is 22.4. The lowest BCUT2D eigenvalue weighted by atomic mass is 10.0. The molecule has 0 bridgehead atoms. The molecule has 2 rings (SSSR count). The molecule has 0 aromatic heterocycles. The molecule has 3 nitrogen and oxygen atoms in total. The summed E-state index contributed by atoms with van der Waals surface area (Å²) in [4.78, 5) is 0. The van der Waals surface area contributed by atoms with Crippen molar-refractivity contribution in [1.82, 2.24) is 5.32 Å². The van der Waals surface area contributed by atoms with Crippen LogP contribution in [0.4, 0.5) is 0 Å². The van der Waals surface area contributed by atoms with Crippen molar-refractivity contribution in [2.75, 3.05) is 13.2 Å². The van der Waals surface area contributed by atoms with Gasteiger partial charge in [0.25, 0.3) is 0 Å². The van der Waals surface area contributed by atoms with Crippen molar-refractivity contribution in [3.8, 4) is 0 Å². The van der Waals surface area contributed by atoms with Gasteiger partial charge in [-0.2, -0.15) is 0 Å². The first-order valence-corrected chi connectivity index (χ1v) is 7.80. The molecule has 0 radical (unpaired) electrons. The van der Waals surface area contributed by atoms with E-state index in [4.69, 9.17) is 16.3 Å². The van der Waals surface area contributed by atoms with Crippen LogP contribution in [0.3, 0.4) is 0 Å². The summed E-state index contributed by atoms with van der Waals surface area (Å²) in [7, 11) is 0. The van der Waals surface area contributed by atoms with Crippen LogP contribution in [0.25, 0.3) is 0 Å². The van der Waals surface area contributed by atoms with Crippen LogP contribution in [0.5, 0.6) is 0 Å². The van der Waals surface area contributed by atoms with Crippen LogP contribution in [0.2, 0.25) is 5.02 Å². The zero-order valence-corrected chi connectivity index (χ0v) is 12.8. The highest BCUT2D eigenvalue weighted by atomic mass is 35.5. The van der Waals surface area contributed by atoms with Gasteiger partial charge in [0.1, 0.15) is 0 Å². The molecule has 3 atom stereocenters. The van der Waals surface area contributed by atoms with Crippen molar-refractivity contribution in [2.24, 2.45) is 0 Å². The maximum absolute atomic E-state index is 10.1. The van der Waals surface area contributed by atoms with E-state index < -0.39 is 6.10 Å². The summed E-state index contributed by atoms with van der Waals surface area (Å²) in [6.45, 7) is 3.57. The van der Waals surface area contributed by atoms with E-state index in [9.17, 15) is 5.11 Å². The number of hydrogen-bond donors (Lipinski definition) is 2. The number of hydrogen-bond acceptors (Lipinski definition) is 3. The minimum Gasteiger partial charge on any atom is -0.391 e.